The Hall–Kier alpha value is -2.27. The van der Waals surface area contributed by atoms with Crippen molar-refractivity contribution >= 4 is 27.3 Å². The van der Waals surface area contributed by atoms with Crippen molar-refractivity contribution < 1.29 is 4.79 Å². The quantitative estimate of drug-likeness (QED) is 0.606. The number of hydrogen-bond acceptors (Lipinski definition) is 4. The molecular formula is C23H26N2O2S. The standard InChI is InChI=1S/C23H26N2O2S/c1-5-20-24-22-21(17-9-6-13(2)10-19(17)28-22)23(27)25(20)12-18(26)16-8-7-14(3)15(4)11-16/h7-8,11,13H,5-6,9-10,12H2,1-4H3. The van der Waals surface area contributed by atoms with Gasteiger partial charge in [-0.3, -0.25) is 14.2 Å². The summed E-state index contributed by atoms with van der Waals surface area (Å²) in [5.41, 5.74) is 4.02. The third-order valence-electron chi connectivity index (χ3n) is 5.94. The zero-order chi connectivity index (χ0) is 20.0. The maximum Gasteiger partial charge on any atom is 0.262 e. The van der Waals surface area contributed by atoms with Crippen molar-refractivity contribution in [2.24, 2.45) is 5.92 Å². The highest BCUT2D eigenvalue weighted by Crippen LogP contribution is 2.35. The van der Waals surface area contributed by atoms with E-state index in [4.69, 9.17) is 4.98 Å². The Balaban J connectivity index is 1.79. The predicted octanol–water partition coefficient (Wildman–Crippen LogP) is 4.64. The minimum atomic E-state index is -0.0499. The number of hydrogen-bond donors (Lipinski definition) is 0. The topological polar surface area (TPSA) is 52.0 Å². The minimum absolute atomic E-state index is 0.0428. The van der Waals surface area contributed by atoms with Gasteiger partial charge in [-0.25, -0.2) is 4.98 Å². The van der Waals surface area contributed by atoms with Crippen molar-refractivity contribution in [1.29, 1.82) is 0 Å². The van der Waals surface area contributed by atoms with E-state index in [1.807, 2.05) is 39.0 Å². The maximum absolute atomic E-state index is 13.4. The molecule has 1 atom stereocenters. The molecule has 0 aliphatic heterocycles. The Kier molecular flexibility index (Phi) is 4.96. The smallest absolute Gasteiger partial charge is 0.262 e. The van der Waals surface area contributed by atoms with Crippen molar-refractivity contribution in [3.05, 3.63) is 61.5 Å². The fourth-order valence-electron chi connectivity index (χ4n) is 4.05. The second kappa shape index (κ2) is 7.28. The van der Waals surface area contributed by atoms with E-state index in [9.17, 15) is 9.59 Å². The van der Waals surface area contributed by atoms with Crippen LogP contribution in [0.2, 0.25) is 0 Å². The summed E-state index contributed by atoms with van der Waals surface area (Å²) in [6, 6.07) is 5.72. The minimum Gasteiger partial charge on any atom is -0.292 e. The monoisotopic (exact) mass is 394 g/mol. The Morgan fingerprint density at radius 3 is 2.79 bits per heavy atom. The molecule has 1 aliphatic carbocycles. The number of carbonyl (C=O) groups is 1. The van der Waals surface area contributed by atoms with Gasteiger partial charge in [-0.05, 0) is 61.8 Å². The molecule has 1 aromatic carbocycles. The number of thiophene rings is 1. The van der Waals surface area contributed by atoms with Crippen molar-refractivity contribution in [2.45, 2.75) is 59.9 Å². The molecule has 4 nitrogen and oxygen atoms in total. The van der Waals surface area contributed by atoms with Crippen LogP contribution in [-0.2, 0) is 25.8 Å². The highest BCUT2D eigenvalue weighted by Gasteiger charge is 2.25. The zero-order valence-electron chi connectivity index (χ0n) is 17.0. The molecule has 0 saturated carbocycles. The van der Waals surface area contributed by atoms with Gasteiger partial charge < -0.3 is 0 Å². The average molecular weight is 395 g/mol. The lowest BCUT2D eigenvalue weighted by molar-refractivity contribution is 0.0969. The average Bonchev–Trinajstić information content (AvgIpc) is 3.03. The molecule has 0 N–H and O–H groups in total. The Labute approximate surface area is 169 Å². The number of rotatable bonds is 4. The van der Waals surface area contributed by atoms with E-state index in [0.717, 1.165) is 40.6 Å². The normalized spacial score (nSPS) is 16.4. The molecule has 0 fully saturated rings. The lowest BCUT2D eigenvalue weighted by atomic mass is 9.89. The second-order valence-electron chi connectivity index (χ2n) is 8.03. The molecule has 2 aromatic heterocycles. The van der Waals surface area contributed by atoms with E-state index in [-0.39, 0.29) is 17.9 Å². The molecule has 1 unspecified atom stereocenters. The number of aromatic nitrogens is 2. The van der Waals surface area contributed by atoms with Crippen LogP contribution >= 0.6 is 11.3 Å². The number of ketones is 1. The van der Waals surface area contributed by atoms with E-state index in [1.165, 1.54) is 10.4 Å². The second-order valence-corrected chi connectivity index (χ2v) is 9.11. The van der Waals surface area contributed by atoms with Gasteiger partial charge in [0.15, 0.2) is 5.78 Å². The van der Waals surface area contributed by atoms with Gasteiger partial charge in [-0.2, -0.15) is 0 Å². The Morgan fingerprint density at radius 1 is 1.29 bits per heavy atom. The number of benzene rings is 1. The van der Waals surface area contributed by atoms with Crippen molar-refractivity contribution in [2.75, 3.05) is 0 Å². The molecule has 28 heavy (non-hydrogen) atoms. The van der Waals surface area contributed by atoms with E-state index in [0.29, 0.717) is 23.7 Å². The van der Waals surface area contributed by atoms with Gasteiger partial charge >= 0.3 is 0 Å². The fourth-order valence-corrected chi connectivity index (χ4v) is 5.44. The first kappa shape index (κ1) is 19.1. The number of Topliss-reactive ketones (excluding diaryl/α,β-unsaturated/α-hetero) is 1. The van der Waals surface area contributed by atoms with E-state index < -0.39 is 0 Å². The Morgan fingerprint density at radius 2 is 2.07 bits per heavy atom. The van der Waals surface area contributed by atoms with Gasteiger partial charge in [0.05, 0.1) is 11.9 Å². The lowest BCUT2D eigenvalue weighted by Crippen LogP contribution is -2.29. The highest BCUT2D eigenvalue weighted by molar-refractivity contribution is 7.18. The largest absolute Gasteiger partial charge is 0.292 e. The molecule has 4 rings (SSSR count). The molecule has 0 saturated heterocycles. The van der Waals surface area contributed by atoms with E-state index in [1.54, 1.807) is 15.9 Å². The van der Waals surface area contributed by atoms with Crippen molar-refractivity contribution in [1.82, 2.24) is 9.55 Å². The lowest BCUT2D eigenvalue weighted by Gasteiger charge is -2.17. The SMILES string of the molecule is CCc1nc2sc3c(c2c(=O)n1CC(=O)c1ccc(C)c(C)c1)CCC(C)C3. The molecule has 0 radical (unpaired) electrons. The Bertz CT molecular complexity index is 1140. The van der Waals surface area contributed by atoms with Gasteiger partial charge in [0.2, 0.25) is 0 Å². The molecule has 0 amide bonds. The fraction of sp³-hybridized carbons (Fsp3) is 0.435. The summed E-state index contributed by atoms with van der Waals surface area (Å²) < 4.78 is 1.60. The maximum atomic E-state index is 13.4. The number of fused-ring (bicyclic) bond motifs is 3. The van der Waals surface area contributed by atoms with Crippen LogP contribution in [0.1, 0.15) is 58.0 Å². The molecule has 0 spiro atoms. The van der Waals surface area contributed by atoms with E-state index in [2.05, 4.69) is 6.92 Å². The van der Waals surface area contributed by atoms with Crippen LogP contribution in [0.3, 0.4) is 0 Å². The van der Waals surface area contributed by atoms with Crippen LogP contribution in [0.25, 0.3) is 10.2 Å². The number of carbonyl (C=O) groups excluding carboxylic acids is 1. The summed E-state index contributed by atoms with van der Waals surface area (Å²) in [5.74, 6) is 1.31. The first-order valence-corrected chi connectivity index (χ1v) is 10.8. The molecule has 0 bridgehead atoms. The number of aryl methyl sites for hydroxylation is 4. The number of nitrogens with zero attached hydrogens (tertiary/aromatic N) is 2. The van der Waals surface area contributed by atoms with Crippen LogP contribution < -0.4 is 5.56 Å². The molecule has 2 heterocycles. The van der Waals surface area contributed by atoms with Crippen LogP contribution in [0.4, 0.5) is 0 Å². The summed E-state index contributed by atoms with van der Waals surface area (Å²) in [7, 11) is 0. The summed E-state index contributed by atoms with van der Waals surface area (Å²) in [5, 5.41) is 0.747. The van der Waals surface area contributed by atoms with Gasteiger partial charge in [-0.1, -0.05) is 26.0 Å². The van der Waals surface area contributed by atoms with Crippen LogP contribution in [-0.4, -0.2) is 15.3 Å². The summed E-state index contributed by atoms with van der Waals surface area (Å²) in [4.78, 5) is 33.2. The predicted molar refractivity (Wildman–Crippen MR) is 115 cm³/mol. The van der Waals surface area contributed by atoms with Crippen LogP contribution in [0.15, 0.2) is 23.0 Å². The van der Waals surface area contributed by atoms with Gasteiger partial charge in [0, 0.05) is 16.9 Å². The molecule has 1 aliphatic rings. The zero-order valence-corrected chi connectivity index (χ0v) is 17.8. The van der Waals surface area contributed by atoms with Gasteiger partial charge in [0.1, 0.15) is 10.7 Å². The molecule has 3 aromatic rings. The molecular weight excluding hydrogens is 368 g/mol. The first-order chi connectivity index (χ1) is 13.4. The van der Waals surface area contributed by atoms with Gasteiger partial charge in [0.25, 0.3) is 5.56 Å². The van der Waals surface area contributed by atoms with Crippen molar-refractivity contribution in [3.8, 4) is 0 Å². The highest BCUT2D eigenvalue weighted by atomic mass is 32.1. The van der Waals surface area contributed by atoms with E-state index >= 15 is 0 Å². The van der Waals surface area contributed by atoms with Crippen LogP contribution in [0.5, 0.6) is 0 Å². The summed E-state index contributed by atoms with van der Waals surface area (Å²) in [6.45, 7) is 8.33. The first-order valence-electron chi connectivity index (χ1n) is 10.0. The van der Waals surface area contributed by atoms with Crippen molar-refractivity contribution in [3.63, 3.8) is 0 Å². The summed E-state index contributed by atoms with van der Waals surface area (Å²) >= 11 is 1.67. The molecule has 146 valence electrons. The third-order valence-corrected chi connectivity index (χ3v) is 7.09. The van der Waals surface area contributed by atoms with Gasteiger partial charge in [-0.15, -0.1) is 11.3 Å². The van der Waals surface area contributed by atoms with Crippen LogP contribution in [0, 0.1) is 19.8 Å². The molecule has 5 heteroatoms. The summed E-state index contributed by atoms with van der Waals surface area (Å²) in [6.07, 6.45) is 3.70. The third kappa shape index (κ3) is 3.22.